The molecule has 0 aliphatic heterocycles. The molecule has 1 rings (SSSR count). The van der Waals surface area contributed by atoms with Gasteiger partial charge in [0.05, 0.1) is 12.2 Å². The van der Waals surface area contributed by atoms with Crippen LogP contribution >= 0.6 is 0 Å². The van der Waals surface area contributed by atoms with Crippen LogP contribution in [0.15, 0.2) is 18.3 Å². The van der Waals surface area contributed by atoms with E-state index in [0.29, 0.717) is 6.54 Å². The number of ether oxygens (including phenoxy) is 1. The number of carbonyl (C=O) groups excluding carboxylic acids is 1. The number of pyridine rings is 1. The van der Waals surface area contributed by atoms with Gasteiger partial charge in [-0.15, -0.1) is 0 Å². The monoisotopic (exact) mass is 208 g/mol. The summed E-state index contributed by atoms with van der Waals surface area (Å²) in [5.74, 6) is -0.120. The first-order valence-corrected chi connectivity index (χ1v) is 4.96. The molecular weight excluding hydrogens is 192 g/mol. The van der Waals surface area contributed by atoms with Crippen molar-refractivity contribution in [1.29, 1.82) is 0 Å². The number of aromatic nitrogens is 1. The summed E-state index contributed by atoms with van der Waals surface area (Å²) < 4.78 is 4.72. The molecule has 0 aliphatic carbocycles. The summed E-state index contributed by atoms with van der Waals surface area (Å²) in [6.07, 6.45) is 2.65. The maximum Gasteiger partial charge on any atom is 0.246 e. The van der Waals surface area contributed by atoms with E-state index in [1.54, 1.807) is 6.20 Å². The molecule has 0 saturated heterocycles. The second-order valence-electron chi connectivity index (χ2n) is 3.17. The molecule has 4 heteroatoms. The lowest BCUT2D eigenvalue weighted by molar-refractivity contribution is -0.124. The number of hydrogen-bond donors (Lipinski definition) is 1. The van der Waals surface area contributed by atoms with Crippen molar-refractivity contribution in [2.75, 3.05) is 13.7 Å². The quantitative estimate of drug-likeness (QED) is 0.782. The summed E-state index contributed by atoms with van der Waals surface area (Å²) in [4.78, 5) is 15.4. The van der Waals surface area contributed by atoms with Crippen LogP contribution in [-0.4, -0.2) is 24.6 Å². The number of rotatable bonds is 5. The smallest absolute Gasteiger partial charge is 0.246 e. The highest BCUT2D eigenvalue weighted by atomic mass is 16.5. The van der Waals surface area contributed by atoms with Crippen LogP contribution in [0.3, 0.4) is 0 Å². The first-order chi connectivity index (χ1) is 7.27. The van der Waals surface area contributed by atoms with Gasteiger partial charge >= 0.3 is 0 Å². The van der Waals surface area contributed by atoms with Crippen LogP contribution in [-0.2, 0) is 22.5 Å². The summed E-state index contributed by atoms with van der Waals surface area (Å²) >= 11 is 0. The number of methoxy groups -OCH3 is 1. The van der Waals surface area contributed by atoms with Gasteiger partial charge in [0.2, 0.25) is 5.91 Å². The van der Waals surface area contributed by atoms with Crippen molar-refractivity contribution in [3.8, 4) is 0 Å². The normalized spacial score (nSPS) is 10.0. The van der Waals surface area contributed by atoms with Gasteiger partial charge in [-0.25, -0.2) is 0 Å². The second-order valence-corrected chi connectivity index (χ2v) is 3.17. The highest BCUT2D eigenvalue weighted by molar-refractivity contribution is 5.77. The minimum atomic E-state index is -0.120. The summed E-state index contributed by atoms with van der Waals surface area (Å²) in [6, 6.07) is 3.92. The van der Waals surface area contributed by atoms with Gasteiger partial charge in [0.25, 0.3) is 0 Å². The highest BCUT2D eigenvalue weighted by Crippen LogP contribution is 2.05. The van der Waals surface area contributed by atoms with Crippen molar-refractivity contribution in [3.63, 3.8) is 0 Å². The third-order valence-corrected chi connectivity index (χ3v) is 2.09. The van der Waals surface area contributed by atoms with E-state index >= 15 is 0 Å². The second kappa shape index (κ2) is 6.14. The Balaban J connectivity index is 2.53. The molecule has 1 heterocycles. The number of amides is 1. The molecule has 1 N–H and O–H groups in total. The number of hydrogen-bond acceptors (Lipinski definition) is 3. The van der Waals surface area contributed by atoms with E-state index in [-0.39, 0.29) is 12.5 Å². The van der Waals surface area contributed by atoms with Crippen molar-refractivity contribution >= 4 is 5.91 Å². The molecule has 0 saturated carbocycles. The van der Waals surface area contributed by atoms with Crippen molar-refractivity contribution in [1.82, 2.24) is 10.3 Å². The van der Waals surface area contributed by atoms with E-state index in [9.17, 15) is 4.79 Å². The number of nitrogens with zero attached hydrogens (tertiary/aromatic N) is 1. The van der Waals surface area contributed by atoms with Crippen LogP contribution in [0.2, 0.25) is 0 Å². The van der Waals surface area contributed by atoms with Gasteiger partial charge in [-0.1, -0.05) is 13.0 Å². The Bertz CT molecular complexity index is 326. The zero-order chi connectivity index (χ0) is 11.1. The van der Waals surface area contributed by atoms with Crippen LogP contribution < -0.4 is 5.32 Å². The zero-order valence-corrected chi connectivity index (χ0v) is 9.12. The van der Waals surface area contributed by atoms with Crippen LogP contribution in [0.5, 0.6) is 0 Å². The predicted molar refractivity (Wildman–Crippen MR) is 57.3 cm³/mol. The van der Waals surface area contributed by atoms with Gasteiger partial charge in [-0.3, -0.25) is 9.78 Å². The first kappa shape index (κ1) is 11.7. The van der Waals surface area contributed by atoms with Gasteiger partial charge in [0.15, 0.2) is 0 Å². The molecule has 0 fully saturated rings. The average Bonchev–Trinajstić information content (AvgIpc) is 2.27. The summed E-state index contributed by atoms with van der Waals surface area (Å²) in [5, 5.41) is 2.75. The van der Waals surface area contributed by atoms with Crippen molar-refractivity contribution in [2.45, 2.75) is 19.9 Å². The summed E-state index contributed by atoms with van der Waals surface area (Å²) in [5.41, 5.74) is 2.08. The lowest BCUT2D eigenvalue weighted by Gasteiger charge is -2.07. The molecule has 0 aromatic carbocycles. The fourth-order valence-electron chi connectivity index (χ4n) is 1.32. The first-order valence-electron chi connectivity index (χ1n) is 4.96. The molecule has 0 bridgehead atoms. The van der Waals surface area contributed by atoms with Crippen molar-refractivity contribution in [3.05, 3.63) is 29.6 Å². The van der Waals surface area contributed by atoms with Gasteiger partial charge in [-0.2, -0.15) is 0 Å². The summed E-state index contributed by atoms with van der Waals surface area (Å²) in [7, 11) is 1.50. The molecule has 1 aromatic rings. The highest BCUT2D eigenvalue weighted by Gasteiger charge is 2.03. The molecule has 15 heavy (non-hydrogen) atoms. The molecule has 0 spiro atoms. The Morgan fingerprint density at radius 3 is 3.07 bits per heavy atom. The van der Waals surface area contributed by atoms with E-state index in [0.717, 1.165) is 17.7 Å². The largest absolute Gasteiger partial charge is 0.375 e. The maximum absolute atomic E-state index is 11.2. The van der Waals surface area contributed by atoms with Gasteiger partial charge in [0.1, 0.15) is 6.61 Å². The van der Waals surface area contributed by atoms with Crippen LogP contribution in [0.1, 0.15) is 18.2 Å². The maximum atomic E-state index is 11.2. The third kappa shape index (κ3) is 3.67. The minimum Gasteiger partial charge on any atom is -0.375 e. The Morgan fingerprint density at radius 1 is 1.60 bits per heavy atom. The molecule has 0 radical (unpaired) electrons. The SMILES string of the molecule is CCc1cccnc1CNC(=O)COC. The molecule has 0 unspecified atom stereocenters. The van der Waals surface area contributed by atoms with Gasteiger partial charge in [0, 0.05) is 13.3 Å². The molecule has 0 aliphatic rings. The Labute approximate surface area is 89.7 Å². The fraction of sp³-hybridized carbons (Fsp3) is 0.455. The van der Waals surface area contributed by atoms with E-state index in [1.807, 2.05) is 12.1 Å². The molecule has 0 atom stereocenters. The Hall–Kier alpha value is -1.42. The lowest BCUT2D eigenvalue weighted by Crippen LogP contribution is -2.27. The van der Waals surface area contributed by atoms with E-state index in [1.165, 1.54) is 7.11 Å². The van der Waals surface area contributed by atoms with E-state index < -0.39 is 0 Å². The van der Waals surface area contributed by atoms with Crippen molar-refractivity contribution in [2.24, 2.45) is 0 Å². The van der Waals surface area contributed by atoms with Crippen LogP contribution in [0, 0.1) is 0 Å². The molecule has 4 nitrogen and oxygen atoms in total. The predicted octanol–water partition coefficient (Wildman–Crippen LogP) is 0.907. The Kier molecular flexibility index (Phi) is 4.77. The van der Waals surface area contributed by atoms with E-state index in [4.69, 9.17) is 4.74 Å². The third-order valence-electron chi connectivity index (χ3n) is 2.09. The Morgan fingerprint density at radius 2 is 2.40 bits per heavy atom. The molecule has 1 amide bonds. The molecular formula is C11H16N2O2. The minimum absolute atomic E-state index is 0.0916. The molecule has 1 aromatic heterocycles. The molecule has 82 valence electrons. The van der Waals surface area contributed by atoms with Crippen molar-refractivity contribution < 1.29 is 9.53 Å². The number of carbonyl (C=O) groups is 1. The van der Waals surface area contributed by atoms with Gasteiger partial charge < -0.3 is 10.1 Å². The lowest BCUT2D eigenvalue weighted by atomic mass is 10.1. The topological polar surface area (TPSA) is 51.2 Å². The fourth-order valence-corrected chi connectivity index (χ4v) is 1.32. The van der Waals surface area contributed by atoms with Gasteiger partial charge in [-0.05, 0) is 18.1 Å². The zero-order valence-electron chi connectivity index (χ0n) is 9.12. The standard InChI is InChI=1S/C11H16N2O2/c1-3-9-5-4-6-12-10(9)7-13-11(14)8-15-2/h4-6H,3,7-8H2,1-2H3,(H,13,14). The average molecular weight is 208 g/mol. The number of aryl methyl sites for hydroxylation is 1. The van der Waals surface area contributed by atoms with E-state index in [2.05, 4.69) is 17.2 Å². The number of nitrogens with one attached hydrogen (secondary N) is 1. The van der Waals surface area contributed by atoms with Crippen LogP contribution in [0.4, 0.5) is 0 Å². The summed E-state index contributed by atoms with van der Waals surface area (Å²) in [6.45, 7) is 2.62. The van der Waals surface area contributed by atoms with Crippen LogP contribution in [0.25, 0.3) is 0 Å².